The van der Waals surface area contributed by atoms with Crippen LogP contribution in [-0.2, 0) is 6.54 Å². The molecule has 1 heterocycles. The molecule has 1 unspecified atom stereocenters. The number of hydrogen-bond acceptors (Lipinski definition) is 4. The lowest BCUT2D eigenvalue weighted by Crippen LogP contribution is -2.35. The van der Waals surface area contributed by atoms with Gasteiger partial charge < -0.3 is 20.1 Å². The van der Waals surface area contributed by atoms with Crippen molar-refractivity contribution in [3.05, 3.63) is 23.8 Å². The van der Waals surface area contributed by atoms with E-state index < -0.39 is 0 Å². The fraction of sp³-hybridized carbons (Fsp3) is 0.600. The number of nitrogens with one attached hydrogen (secondary N) is 2. The minimum Gasteiger partial charge on any atom is -0.497 e. The van der Waals surface area contributed by atoms with Crippen molar-refractivity contribution >= 4 is 0 Å². The Kier molecular flexibility index (Phi) is 5.48. The van der Waals surface area contributed by atoms with Gasteiger partial charge in [-0.2, -0.15) is 0 Å². The van der Waals surface area contributed by atoms with Gasteiger partial charge in [0.1, 0.15) is 11.5 Å². The second-order valence-corrected chi connectivity index (χ2v) is 5.02. The van der Waals surface area contributed by atoms with Gasteiger partial charge in [0.05, 0.1) is 14.2 Å². The number of benzene rings is 1. The first kappa shape index (κ1) is 14.2. The molecular formula is C15H24N2O2. The molecule has 0 aliphatic carbocycles. The van der Waals surface area contributed by atoms with E-state index in [0.29, 0.717) is 0 Å². The smallest absolute Gasteiger partial charge is 0.127 e. The standard InChI is InChI=1S/C15H24N2O2/c1-18-14-6-5-13(15(8-14)19-2)11-17-10-12-4-3-7-16-9-12/h5-6,8,12,16-17H,3-4,7,9-11H2,1-2H3. The first-order chi connectivity index (χ1) is 9.33. The highest BCUT2D eigenvalue weighted by Crippen LogP contribution is 2.24. The monoisotopic (exact) mass is 264 g/mol. The molecule has 1 atom stereocenters. The lowest BCUT2D eigenvalue weighted by molar-refractivity contribution is 0.356. The van der Waals surface area contributed by atoms with Gasteiger partial charge in [0.15, 0.2) is 0 Å². The molecule has 0 saturated carbocycles. The summed E-state index contributed by atoms with van der Waals surface area (Å²) in [6, 6.07) is 5.96. The third-order valence-electron chi connectivity index (χ3n) is 3.64. The zero-order valence-corrected chi connectivity index (χ0v) is 11.9. The maximum Gasteiger partial charge on any atom is 0.127 e. The van der Waals surface area contributed by atoms with Crippen LogP contribution in [0.1, 0.15) is 18.4 Å². The summed E-state index contributed by atoms with van der Waals surface area (Å²) in [5.41, 5.74) is 1.17. The highest BCUT2D eigenvalue weighted by molar-refractivity contribution is 5.40. The second-order valence-electron chi connectivity index (χ2n) is 5.02. The maximum atomic E-state index is 5.40. The van der Waals surface area contributed by atoms with Crippen molar-refractivity contribution in [3.8, 4) is 11.5 Å². The Labute approximate surface area is 115 Å². The molecule has 0 bridgehead atoms. The zero-order chi connectivity index (χ0) is 13.5. The van der Waals surface area contributed by atoms with Gasteiger partial charge in [0.25, 0.3) is 0 Å². The SMILES string of the molecule is COc1ccc(CNCC2CCCNC2)c(OC)c1. The van der Waals surface area contributed by atoms with Crippen molar-refractivity contribution in [1.29, 1.82) is 0 Å². The number of methoxy groups -OCH3 is 2. The van der Waals surface area contributed by atoms with Crippen molar-refractivity contribution in [2.45, 2.75) is 19.4 Å². The Morgan fingerprint density at radius 2 is 2.21 bits per heavy atom. The molecule has 0 amide bonds. The van der Waals surface area contributed by atoms with Crippen LogP contribution in [0.3, 0.4) is 0 Å². The number of piperidine rings is 1. The Bertz CT molecular complexity index is 390. The van der Waals surface area contributed by atoms with Crippen LogP contribution in [0.4, 0.5) is 0 Å². The number of ether oxygens (including phenoxy) is 2. The van der Waals surface area contributed by atoms with Gasteiger partial charge in [-0.05, 0) is 44.5 Å². The van der Waals surface area contributed by atoms with Crippen LogP contribution in [0.2, 0.25) is 0 Å². The maximum absolute atomic E-state index is 5.40. The second kappa shape index (κ2) is 7.36. The van der Waals surface area contributed by atoms with E-state index in [1.165, 1.54) is 24.9 Å². The third kappa shape index (κ3) is 4.11. The Balaban J connectivity index is 1.84. The molecule has 106 valence electrons. The molecule has 19 heavy (non-hydrogen) atoms. The van der Waals surface area contributed by atoms with E-state index in [-0.39, 0.29) is 0 Å². The molecule has 1 aliphatic heterocycles. The van der Waals surface area contributed by atoms with Gasteiger partial charge >= 0.3 is 0 Å². The van der Waals surface area contributed by atoms with Crippen LogP contribution in [-0.4, -0.2) is 33.9 Å². The van der Waals surface area contributed by atoms with E-state index in [1.807, 2.05) is 12.1 Å². The van der Waals surface area contributed by atoms with Gasteiger partial charge in [-0.3, -0.25) is 0 Å². The lowest BCUT2D eigenvalue weighted by atomic mass is 10.00. The zero-order valence-electron chi connectivity index (χ0n) is 11.9. The van der Waals surface area contributed by atoms with Crippen LogP contribution in [0.15, 0.2) is 18.2 Å². The van der Waals surface area contributed by atoms with E-state index in [0.717, 1.165) is 37.1 Å². The Morgan fingerprint density at radius 3 is 2.89 bits per heavy atom. The van der Waals surface area contributed by atoms with E-state index in [1.54, 1.807) is 14.2 Å². The van der Waals surface area contributed by atoms with Crippen molar-refractivity contribution < 1.29 is 9.47 Å². The fourth-order valence-electron chi connectivity index (χ4n) is 2.51. The topological polar surface area (TPSA) is 42.5 Å². The molecule has 1 fully saturated rings. The molecule has 4 nitrogen and oxygen atoms in total. The van der Waals surface area contributed by atoms with Crippen LogP contribution in [0.25, 0.3) is 0 Å². The van der Waals surface area contributed by atoms with Gasteiger partial charge in [-0.15, -0.1) is 0 Å². The highest BCUT2D eigenvalue weighted by atomic mass is 16.5. The highest BCUT2D eigenvalue weighted by Gasteiger charge is 2.12. The Hall–Kier alpha value is -1.26. The molecule has 1 saturated heterocycles. The summed E-state index contributed by atoms with van der Waals surface area (Å²) in [7, 11) is 3.37. The van der Waals surface area contributed by atoms with E-state index in [9.17, 15) is 0 Å². The largest absolute Gasteiger partial charge is 0.497 e. The van der Waals surface area contributed by atoms with Crippen molar-refractivity contribution in [2.24, 2.45) is 5.92 Å². The van der Waals surface area contributed by atoms with E-state index >= 15 is 0 Å². The van der Waals surface area contributed by atoms with Crippen LogP contribution in [0.5, 0.6) is 11.5 Å². The Morgan fingerprint density at radius 1 is 1.32 bits per heavy atom. The van der Waals surface area contributed by atoms with Crippen molar-refractivity contribution in [3.63, 3.8) is 0 Å². The summed E-state index contributed by atoms with van der Waals surface area (Å²) in [6.07, 6.45) is 2.61. The average molecular weight is 264 g/mol. The van der Waals surface area contributed by atoms with E-state index in [2.05, 4.69) is 16.7 Å². The molecule has 0 radical (unpaired) electrons. The molecule has 2 N–H and O–H groups in total. The number of rotatable bonds is 6. The van der Waals surface area contributed by atoms with Crippen molar-refractivity contribution in [2.75, 3.05) is 33.9 Å². The minimum atomic E-state index is 0.748. The van der Waals surface area contributed by atoms with Crippen LogP contribution >= 0.6 is 0 Å². The first-order valence-electron chi connectivity index (χ1n) is 6.96. The summed E-state index contributed by atoms with van der Waals surface area (Å²) in [5.74, 6) is 2.46. The predicted octanol–water partition coefficient (Wildman–Crippen LogP) is 1.79. The van der Waals surface area contributed by atoms with Gasteiger partial charge in [-0.1, -0.05) is 6.07 Å². The third-order valence-corrected chi connectivity index (χ3v) is 3.64. The molecule has 2 rings (SSSR count). The van der Waals surface area contributed by atoms with Gasteiger partial charge in [-0.25, -0.2) is 0 Å². The van der Waals surface area contributed by atoms with Crippen molar-refractivity contribution in [1.82, 2.24) is 10.6 Å². The lowest BCUT2D eigenvalue weighted by Gasteiger charge is -2.23. The molecule has 1 aromatic carbocycles. The predicted molar refractivity (Wildman–Crippen MR) is 76.8 cm³/mol. The molecule has 4 heteroatoms. The molecule has 1 aromatic rings. The minimum absolute atomic E-state index is 0.748. The normalized spacial score (nSPS) is 19.2. The summed E-state index contributed by atoms with van der Waals surface area (Å²) in [6.45, 7) is 4.20. The van der Waals surface area contributed by atoms with E-state index in [4.69, 9.17) is 9.47 Å². The molecular weight excluding hydrogens is 240 g/mol. The molecule has 0 aromatic heterocycles. The van der Waals surface area contributed by atoms with Gasteiger partial charge in [0, 0.05) is 18.2 Å². The summed E-state index contributed by atoms with van der Waals surface area (Å²) in [5, 5.41) is 6.96. The fourth-order valence-corrected chi connectivity index (χ4v) is 2.51. The van der Waals surface area contributed by atoms with Crippen LogP contribution in [0, 0.1) is 5.92 Å². The number of hydrogen-bond donors (Lipinski definition) is 2. The average Bonchev–Trinajstić information content (AvgIpc) is 2.48. The molecule has 1 aliphatic rings. The quantitative estimate of drug-likeness (QED) is 0.822. The van der Waals surface area contributed by atoms with Crippen LogP contribution < -0.4 is 20.1 Å². The summed E-state index contributed by atoms with van der Waals surface area (Å²) >= 11 is 0. The summed E-state index contributed by atoms with van der Waals surface area (Å²) in [4.78, 5) is 0. The first-order valence-corrected chi connectivity index (χ1v) is 6.96. The molecule has 0 spiro atoms. The van der Waals surface area contributed by atoms with Gasteiger partial charge in [0.2, 0.25) is 0 Å². The summed E-state index contributed by atoms with van der Waals surface area (Å²) < 4.78 is 10.6.